The summed E-state index contributed by atoms with van der Waals surface area (Å²) in [4.78, 5) is 31.7. The first-order valence-electron chi connectivity index (χ1n) is 14.4. The second kappa shape index (κ2) is 15.9. The van der Waals surface area contributed by atoms with Gasteiger partial charge in [-0.1, -0.05) is 68.8 Å². The van der Waals surface area contributed by atoms with Gasteiger partial charge in [0.05, 0.1) is 17.7 Å². The average molecular weight is 619 g/mol. The fourth-order valence-corrected chi connectivity index (χ4v) is 5.67. The minimum atomic E-state index is -0.417. The summed E-state index contributed by atoms with van der Waals surface area (Å²) in [6.45, 7) is 6.72. The Morgan fingerprint density at radius 1 is 1.12 bits per heavy atom. The van der Waals surface area contributed by atoms with Crippen molar-refractivity contribution in [2.24, 2.45) is 5.92 Å². The summed E-state index contributed by atoms with van der Waals surface area (Å²) < 4.78 is 1.90. The second-order valence-electron chi connectivity index (χ2n) is 10.6. The lowest BCUT2D eigenvalue weighted by Gasteiger charge is -2.33. The molecule has 43 heavy (non-hydrogen) atoms. The Kier molecular flexibility index (Phi) is 11.8. The van der Waals surface area contributed by atoms with Crippen LogP contribution in [0.3, 0.4) is 0 Å². The highest BCUT2D eigenvalue weighted by Gasteiger charge is 2.24. The van der Waals surface area contributed by atoms with E-state index in [1.807, 2.05) is 22.8 Å². The molecule has 2 N–H and O–H groups in total. The maximum absolute atomic E-state index is 13.4. The van der Waals surface area contributed by atoms with Gasteiger partial charge in [-0.15, -0.1) is 11.3 Å². The number of carbonyl (C=O) groups is 1. The quantitative estimate of drug-likeness (QED) is 0.102. The molecule has 2 aromatic carbocycles. The molecule has 4 rings (SSSR count). The lowest BCUT2D eigenvalue weighted by Crippen LogP contribution is -2.51. The van der Waals surface area contributed by atoms with Gasteiger partial charge in [-0.2, -0.15) is 0 Å². The first-order chi connectivity index (χ1) is 20.8. The summed E-state index contributed by atoms with van der Waals surface area (Å²) in [5.74, 6) is 0.146. The number of non-ortho nitro benzene ring substituents is 1. The zero-order chi connectivity index (χ0) is 30.6. The van der Waals surface area contributed by atoms with Crippen LogP contribution < -0.4 is 10.6 Å². The van der Waals surface area contributed by atoms with Gasteiger partial charge in [0.1, 0.15) is 0 Å². The molecule has 9 nitrogen and oxygen atoms in total. The number of nitro groups is 1. The molecule has 2 heterocycles. The van der Waals surface area contributed by atoms with Gasteiger partial charge >= 0.3 is 0 Å². The number of hydrogen-bond acceptors (Lipinski definition) is 6. The third-order valence-electron chi connectivity index (χ3n) is 7.52. The van der Waals surface area contributed by atoms with E-state index < -0.39 is 4.92 Å². The van der Waals surface area contributed by atoms with E-state index in [0.29, 0.717) is 24.7 Å². The highest BCUT2D eigenvalue weighted by molar-refractivity contribution is 7.80. The Morgan fingerprint density at radius 2 is 1.88 bits per heavy atom. The molecular weight excluding hydrogens is 581 g/mol. The van der Waals surface area contributed by atoms with Crippen LogP contribution in [0.2, 0.25) is 0 Å². The largest absolute Gasteiger partial charge is 0.358 e. The van der Waals surface area contributed by atoms with E-state index in [4.69, 9.17) is 12.2 Å². The summed E-state index contributed by atoms with van der Waals surface area (Å²) in [5, 5.41) is 20.4. The number of thiophene rings is 1. The van der Waals surface area contributed by atoms with Gasteiger partial charge in [-0.3, -0.25) is 14.9 Å². The van der Waals surface area contributed by atoms with Gasteiger partial charge < -0.3 is 20.1 Å². The van der Waals surface area contributed by atoms with E-state index in [0.717, 1.165) is 36.2 Å². The van der Waals surface area contributed by atoms with Crippen molar-refractivity contribution >= 4 is 40.3 Å². The van der Waals surface area contributed by atoms with E-state index in [9.17, 15) is 14.9 Å². The molecule has 2 aromatic heterocycles. The first-order valence-corrected chi connectivity index (χ1v) is 15.7. The van der Waals surface area contributed by atoms with Crippen molar-refractivity contribution in [2.75, 3.05) is 13.1 Å². The highest BCUT2D eigenvalue weighted by atomic mass is 32.1. The highest BCUT2D eigenvalue weighted by Crippen LogP contribution is 2.16. The van der Waals surface area contributed by atoms with Crippen molar-refractivity contribution in [1.82, 2.24) is 25.1 Å². The predicted molar refractivity (Wildman–Crippen MR) is 175 cm³/mol. The Morgan fingerprint density at radius 3 is 2.56 bits per heavy atom. The number of nitrogens with zero attached hydrogens (tertiary/aromatic N) is 4. The van der Waals surface area contributed by atoms with Crippen LogP contribution in [0.1, 0.15) is 42.0 Å². The molecule has 0 fully saturated rings. The number of amides is 1. The molecule has 11 heteroatoms. The van der Waals surface area contributed by atoms with Gasteiger partial charge in [0, 0.05) is 61.1 Å². The summed E-state index contributed by atoms with van der Waals surface area (Å²) >= 11 is 7.61. The van der Waals surface area contributed by atoms with Crippen molar-refractivity contribution in [1.29, 1.82) is 0 Å². The number of aromatic nitrogens is 2. The maximum atomic E-state index is 13.4. The second-order valence-corrected chi connectivity index (χ2v) is 12.0. The van der Waals surface area contributed by atoms with Crippen LogP contribution in [0.4, 0.5) is 5.69 Å². The molecule has 0 saturated heterocycles. The molecule has 1 amide bonds. The maximum Gasteiger partial charge on any atom is 0.269 e. The van der Waals surface area contributed by atoms with Crippen LogP contribution in [-0.2, 0) is 30.7 Å². The Bertz CT molecular complexity index is 1460. The van der Waals surface area contributed by atoms with Crippen LogP contribution >= 0.6 is 23.6 Å². The van der Waals surface area contributed by atoms with E-state index in [-0.39, 0.29) is 30.0 Å². The third kappa shape index (κ3) is 9.72. The number of nitro benzene ring substituents is 1. The van der Waals surface area contributed by atoms with Crippen molar-refractivity contribution in [3.05, 3.63) is 116 Å². The number of rotatable bonds is 15. The van der Waals surface area contributed by atoms with E-state index in [2.05, 4.69) is 64.0 Å². The molecule has 0 aliphatic carbocycles. The van der Waals surface area contributed by atoms with Crippen LogP contribution in [0.25, 0.3) is 0 Å². The zero-order valence-electron chi connectivity index (χ0n) is 24.5. The summed E-state index contributed by atoms with van der Waals surface area (Å²) in [6.07, 6.45) is 5.32. The van der Waals surface area contributed by atoms with Gasteiger partial charge in [0.15, 0.2) is 5.11 Å². The number of benzene rings is 2. The van der Waals surface area contributed by atoms with Crippen molar-refractivity contribution < 1.29 is 9.72 Å². The first kappa shape index (κ1) is 31.8. The van der Waals surface area contributed by atoms with Crippen molar-refractivity contribution in [3.8, 4) is 0 Å². The summed E-state index contributed by atoms with van der Waals surface area (Å²) in [5.41, 5.74) is 2.86. The molecular formula is C32H38N6O3S2. The van der Waals surface area contributed by atoms with Crippen molar-refractivity contribution in [2.45, 2.75) is 52.2 Å². The van der Waals surface area contributed by atoms with E-state index >= 15 is 0 Å². The Balaban J connectivity index is 1.41. The molecule has 226 valence electrons. The molecule has 0 bridgehead atoms. The van der Waals surface area contributed by atoms with Gasteiger partial charge in [0.2, 0.25) is 5.91 Å². The van der Waals surface area contributed by atoms with Crippen LogP contribution in [0, 0.1) is 16.0 Å². The SMILES string of the molecule is CCC(C)C(CN(CCc1cccs1)C(=S)NCc1ccccc1)NC(=O)Cc1cncn1Cc1ccc([N+](=O)[O-])cc1. The molecule has 0 spiro atoms. The minimum Gasteiger partial charge on any atom is -0.358 e. The molecule has 0 aliphatic heterocycles. The minimum absolute atomic E-state index is 0.0456. The Labute approximate surface area is 262 Å². The Hall–Kier alpha value is -4.09. The van der Waals surface area contributed by atoms with Crippen molar-refractivity contribution in [3.63, 3.8) is 0 Å². The number of thiocarbonyl (C=S) groups is 1. The molecule has 4 aromatic rings. The normalized spacial score (nSPS) is 12.3. The smallest absolute Gasteiger partial charge is 0.269 e. The number of hydrogen-bond donors (Lipinski definition) is 2. The van der Waals surface area contributed by atoms with Gasteiger partial charge in [-0.25, -0.2) is 4.98 Å². The molecule has 2 unspecified atom stereocenters. The molecule has 0 radical (unpaired) electrons. The predicted octanol–water partition coefficient (Wildman–Crippen LogP) is 5.59. The standard InChI is InChI=1S/C32H38N6O3S2/c1-3-24(2)30(22-36(16-15-29-10-7-17-43-29)32(42)34-19-25-8-5-4-6-9-25)35-31(39)18-28-20-33-23-37(28)21-26-11-13-27(14-12-26)38(40)41/h4-14,17,20,23-24,30H,3,15-16,18-19,21-22H2,1-2H3,(H,34,42)(H,35,39). The third-order valence-corrected chi connectivity index (χ3v) is 8.86. The number of nitrogens with one attached hydrogen (secondary N) is 2. The van der Waals surface area contributed by atoms with Crippen LogP contribution in [-0.4, -0.2) is 49.5 Å². The number of imidazole rings is 1. The molecule has 0 aliphatic rings. The van der Waals surface area contributed by atoms with E-state index in [1.54, 1.807) is 36.0 Å². The molecule has 2 atom stereocenters. The number of carbonyl (C=O) groups excluding carboxylic acids is 1. The lowest BCUT2D eigenvalue weighted by molar-refractivity contribution is -0.384. The van der Waals surface area contributed by atoms with Gasteiger partial charge in [-0.05, 0) is 47.1 Å². The summed E-state index contributed by atoms with van der Waals surface area (Å²) in [6, 6.07) is 20.7. The summed E-state index contributed by atoms with van der Waals surface area (Å²) in [7, 11) is 0. The topological polar surface area (TPSA) is 105 Å². The molecule has 0 saturated carbocycles. The monoisotopic (exact) mass is 618 g/mol. The average Bonchev–Trinajstić information content (AvgIpc) is 3.70. The van der Waals surface area contributed by atoms with Gasteiger partial charge in [0.25, 0.3) is 5.69 Å². The zero-order valence-corrected chi connectivity index (χ0v) is 26.2. The lowest BCUT2D eigenvalue weighted by atomic mass is 9.98. The fourth-order valence-electron chi connectivity index (χ4n) is 4.73. The van der Waals surface area contributed by atoms with E-state index in [1.165, 1.54) is 17.0 Å². The fraction of sp³-hybridized carbons (Fsp3) is 0.344. The van der Waals surface area contributed by atoms with Crippen LogP contribution in [0.15, 0.2) is 84.6 Å². The van der Waals surface area contributed by atoms with Crippen LogP contribution in [0.5, 0.6) is 0 Å².